The number of benzene rings is 4. The van der Waals surface area contributed by atoms with Gasteiger partial charge in [-0.1, -0.05) is 44.2 Å². The lowest BCUT2D eigenvalue weighted by molar-refractivity contribution is -0.384. The number of pyridine rings is 1. The average Bonchev–Trinajstić information content (AvgIpc) is 4.24. The summed E-state index contributed by atoms with van der Waals surface area (Å²) in [6, 6.07) is 28.5. The van der Waals surface area contributed by atoms with Crippen molar-refractivity contribution in [3.05, 3.63) is 136 Å². The number of H-pyrrole nitrogens is 1. The highest BCUT2D eigenvalue weighted by Crippen LogP contribution is 2.54. The van der Waals surface area contributed by atoms with Gasteiger partial charge in [0.1, 0.15) is 22.8 Å². The quantitative estimate of drug-likeness (QED) is 0.0467. The highest BCUT2D eigenvalue weighted by atomic mass is 32.2. The number of rotatable bonds is 18. The molecular formula is C60H72N8O9S. The normalized spacial score (nSPS) is 22.1. The number of nitro groups is 1. The number of carbonyl (C=O) groups excluding carboxylic acids is 1. The summed E-state index contributed by atoms with van der Waals surface area (Å²) < 4.78 is 48.3. The van der Waals surface area contributed by atoms with E-state index in [1.165, 1.54) is 28.8 Å². The molecule has 3 aliphatic carbocycles. The standard InChI is InChI=1S/C60H72N8O9S/c1-39(2)48-7-5-6-8-49(48)53-38-65(37-41-9-16-54(75-4)56(29-41)76-45-11-12-45)27-28-67(53)44-33-60(34-44)22-25-66(26-23-60)43-10-14-50(55(31-43)77-46-30-42-19-24-61-57(42)63-36-46)58(69)64-78(73,74)47-13-15-51(52(32-47)68(71)72)62-35-40-17-20-59(3,70)21-18-40/h5-10,13-16,19,24,29-32,36,39-40,44-45,53,62,70H,11-12,17-18,20-23,25-28,33-35,37-38H2,1-4H3,(H,61,63)(H,64,69)/t40-,53?,59-. The second kappa shape index (κ2) is 21.8. The number of aliphatic hydroxyl groups is 1. The Kier molecular flexibility index (Phi) is 14.9. The van der Waals surface area contributed by atoms with Gasteiger partial charge >= 0.3 is 0 Å². The van der Waals surface area contributed by atoms with Crippen molar-refractivity contribution in [3.63, 3.8) is 0 Å². The number of methoxy groups -OCH3 is 1. The molecule has 4 heterocycles. The topological polar surface area (TPSA) is 205 Å². The zero-order valence-corrected chi connectivity index (χ0v) is 45.9. The molecule has 5 aliphatic rings. The molecule has 0 bridgehead atoms. The minimum atomic E-state index is -4.60. The second-order valence-corrected chi connectivity index (χ2v) is 24.9. The third kappa shape index (κ3) is 11.7. The first kappa shape index (κ1) is 53.3. The molecule has 17 nitrogen and oxygen atoms in total. The minimum absolute atomic E-state index is 0.0314. The molecule has 2 aliphatic heterocycles. The van der Waals surface area contributed by atoms with E-state index in [2.05, 4.69) is 85.0 Å². The Labute approximate surface area is 456 Å². The number of sulfonamides is 1. The Hall–Kier alpha value is -6.73. The van der Waals surface area contributed by atoms with E-state index in [0.29, 0.717) is 42.7 Å². The molecule has 4 N–H and O–H groups in total. The van der Waals surface area contributed by atoms with E-state index < -0.39 is 37.0 Å². The van der Waals surface area contributed by atoms with Crippen LogP contribution in [0.4, 0.5) is 17.1 Å². The molecule has 2 saturated heterocycles. The molecule has 412 valence electrons. The van der Waals surface area contributed by atoms with Crippen LogP contribution < -0.4 is 29.1 Å². The minimum Gasteiger partial charge on any atom is -0.493 e. The summed E-state index contributed by atoms with van der Waals surface area (Å²) in [7, 11) is -2.89. The average molecular weight is 1080 g/mol. The fraction of sp³-hybridized carbons (Fsp3) is 0.467. The lowest BCUT2D eigenvalue weighted by Gasteiger charge is -2.58. The van der Waals surface area contributed by atoms with Crippen molar-refractivity contribution in [3.8, 4) is 23.0 Å². The van der Waals surface area contributed by atoms with Crippen LogP contribution in [0.5, 0.6) is 23.0 Å². The van der Waals surface area contributed by atoms with Crippen LogP contribution in [0, 0.1) is 21.4 Å². The Balaban J connectivity index is 0.774. The number of aromatic nitrogens is 2. The number of nitrogens with zero attached hydrogens (tertiary/aromatic N) is 5. The molecule has 6 aromatic rings. The molecule has 3 saturated carbocycles. The maximum Gasteiger partial charge on any atom is 0.293 e. The van der Waals surface area contributed by atoms with Crippen molar-refractivity contribution < 1.29 is 37.5 Å². The number of aromatic amines is 1. The number of piperidine rings is 1. The highest BCUT2D eigenvalue weighted by Gasteiger charge is 2.50. The van der Waals surface area contributed by atoms with E-state index in [9.17, 15) is 28.4 Å². The number of carbonyl (C=O) groups is 1. The van der Waals surface area contributed by atoms with Crippen molar-refractivity contribution in [1.82, 2.24) is 24.5 Å². The van der Waals surface area contributed by atoms with Crippen molar-refractivity contribution in [2.24, 2.45) is 11.3 Å². The Morgan fingerprint density at radius 1 is 0.910 bits per heavy atom. The summed E-state index contributed by atoms with van der Waals surface area (Å²) in [5.74, 6) is 1.76. The van der Waals surface area contributed by atoms with Gasteiger partial charge in [0, 0.05) is 87.3 Å². The maximum atomic E-state index is 14.2. The second-order valence-electron chi connectivity index (χ2n) is 23.2. The van der Waals surface area contributed by atoms with Gasteiger partial charge in [-0.3, -0.25) is 24.7 Å². The molecule has 0 radical (unpaired) electrons. The van der Waals surface area contributed by atoms with Gasteiger partial charge in [0.25, 0.3) is 21.6 Å². The molecule has 18 heteroatoms. The van der Waals surface area contributed by atoms with Gasteiger partial charge < -0.3 is 34.5 Å². The van der Waals surface area contributed by atoms with Gasteiger partial charge in [-0.25, -0.2) is 18.1 Å². The van der Waals surface area contributed by atoms with E-state index in [1.54, 1.807) is 37.7 Å². The third-order valence-corrected chi connectivity index (χ3v) is 18.5. The molecule has 4 aromatic carbocycles. The van der Waals surface area contributed by atoms with Gasteiger partial charge in [0.2, 0.25) is 0 Å². The molecule has 11 rings (SSSR count). The predicted octanol–water partition coefficient (Wildman–Crippen LogP) is 10.7. The fourth-order valence-electron chi connectivity index (χ4n) is 12.5. The SMILES string of the molecule is COc1ccc(CN2CCN(C3CC4(CCN(c5ccc(C(=O)NS(=O)(=O)c6ccc(NC[C@H]7CC[C@](C)(O)CC7)c([N+](=O)[O-])c6)c(Oc6cnc7[nH]ccc7c6)c5)CC4)C3)C(c3ccccc3C(C)C)C2)cc1OC1CC1. The number of nitro benzene ring substituents is 1. The molecule has 1 atom stereocenters. The molecule has 5 fully saturated rings. The summed E-state index contributed by atoms with van der Waals surface area (Å²) in [6.45, 7) is 12.2. The lowest BCUT2D eigenvalue weighted by Crippen LogP contribution is -2.60. The van der Waals surface area contributed by atoms with Crippen LogP contribution in [-0.2, 0) is 16.6 Å². The first-order valence-electron chi connectivity index (χ1n) is 27.7. The number of ether oxygens (including phenoxy) is 3. The smallest absolute Gasteiger partial charge is 0.293 e. The molecule has 1 unspecified atom stereocenters. The number of piperazine rings is 1. The zero-order chi connectivity index (χ0) is 54.3. The van der Waals surface area contributed by atoms with Crippen LogP contribution in [0.2, 0.25) is 0 Å². The van der Waals surface area contributed by atoms with Crippen molar-refractivity contribution in [2.45, 2.75) is 126 Å². The molecule has 78 heavy (non-hydrogen) atoms. The highest BCUT2D eigenvalue weighted by molar-refractivity contribution is 7.90. The van der Waals surface area contributed by atoms with Gasteiger partial charge in [-0.2, -0.15) is 0 Å². The van der Waals surface area contributed by atoms with E-state index >= 15 is 0 Å². The van der Waals surface area contributed by atoms with E-state index in [-0.39, 0.29) is 40.5 Å². The Bertz CT molecular complexity index is 3280. The number of hydrogen-bond acceptors (Lipinski definition) is 14. The zero-order valence-electron chi connectivity index (χ0n) is 45.1. The largest absolute Gasteiger partial charge is 0.493 e. The molecule has 1 amide bonds. The molecular weight excluding hydrogens is 1010 g/mol. The van der Waals surface area contributed by atoms with Gasteiger partial charge in [0.05, 0.1) is 40.4 Å². The fourth-order valence-corrected chi connectivity index (χ4v) is 13.4. The van der Waals surface area contributed by atoms with Crippen molar-refractivity contribution in [2.75, 3.05) is 56.6 Å². The van der Waals surface area contributed by atoms with E-state index in [1.807, 2.05) is 25.1 Å². The van der Waals surface area contributed by atoms with Crippen LogP contribution >= 0.6 is 0 Å². The summed E-state index contributed by atoms with van der Waals surface area (Å²) in [5, 5.41) is 26.5. The number of fused-ring (bicyclic) bond motifs is 1. The summed E-state index contributed by atoms with van der Waals surface area (Å²) in [4.78, 5) is 40.6. The van der Waals surface area contributed by atoms with Crippen LogP contribution in [0.3, 0.4) is 0 Å². The summed E-state index contributed by atoms with van der Waals surface area (Å²) in [5.41, 5.74) is 4.77. The van der Waals surface area contributed by atoms with Crippen LogP contribution in [0.25, 0.3) is 11.0 Å². The van der Waals surface area contributed by atoms with Gasteiger partial charge in [-0.15, -0.1) is 0 Å². The van der Waals surface area contributed by atoms with Crippen LogP contribution in [0.1, 0.15) is 124 Å². The first-order chi connectivity index (χ1) is 37.5. The van der Waals surface area contributed by atoms with Gasteiger partial charge in [-0.05, 0) is 154 Å². The van der Waals surface area contributed by atoms with E-state index in [4.69, 9.17) is 14.2 Å². The predicted molar refractivity (Wildman–Crippen MR) is 300 cm³/mol. The van der Waals surface area contributed by atoms with Crippen LogP contribution in [0.15, 0.2) is 108 Å². The summed E-state index contributed by atoms with van der Waals surface area (Å²) >= 11 is 0. The number of nitrogens with one attached hydrogen (secondary N) is 3. The number of amides is 1. The molecule has 2 aromatic heterocycles. The Morgan fingerprint density at radius 3 is 2.44 bits per heavy atom. The van der Waals surface area contributed by atoms with Crippen molar-refractivity contribution in [1.29, 1.82) is 0 Å². The van der Waals surface area contributed by atoms with Gasteiger partial charge in [0.15, 0.2) is 11.5 Å². The Morgan fingerprint density at radius 2 is 1.69 bits per heavy atom. The van der Waals surface area contributed by atoms with Crippen LogP contribution in [-0.4, -0.2) is 108 Å². The first-order valence-corrected chi connectivity index (χ1v) is 29.2. The van der Waals surface area contributed by atoms with E-state index in [0.717, 1.165) is 119 Å². The third-order valence-electron chi connectivity index (χ3n) is 17.2. The number of hydrogen-bond donors (Lipinski definition) is 4. The van der Waals surface area contributed by atoms with Crippen molar-refractivity contribution >= 4 is 44.0 Å². The monoisotopic (exact) mass is 1080 g/mol. The maximum absolute atomic E-state index is 14.2. The molecule has 1 spiro atoms. The lowest BCUT2D eigenvalue weighted by atomic mass is 9.59. The number of anilines is 2. The summed E-state index contributed by atoms with van der Waals surface area (Å²) in [6.07, 6.45) is 12.8.